The molecule has 23 heavy (non-hydrogen) atoms. The monoisotopic (exact) mass is 373 g/mol. The Kier molecular flexibility index (Phi) is 4.24. The SMILES string of the molecule is COC(c1ccc(Br)cc1)c1c(C)c(C(=O)O)cc2cccn12. The molecule has 0 aliphatic carbocycles. The zero-order valence-corrected chi connectivity index (χ0v) is 14.4. The van der Waals surface area contributed by atoms with Crippen LogP contribution in [0.3, 0.4) is 0 Å². The number of ether oxygens (including phenoxy) is 1. The van der Waals surface area contributed by atoms with Crippen molar-refractivity contribution >= 4 is 27.4 Å². The number of aromatic nitrogens is 1. The zero-order chi connectivity index (χ0) is 16.6. The molecule has 1 atom stereocenters. The molecule has 0 spiro atoms. The second-order valence-corrected chi connectivity index (χ2v) is 6.26. The number of pyridine rings is 1. The number of carboxylic acids is 1. The van der Waals surface area contributed by atoms with Gasteiger partial charge in [-0.25, -0.2) is 4.79 Å². The van der Waals surface area contributed by atoms with Gasteiger partial charge in [-0.2, -0.15) is 0 Å². The molecule has 1 aromatic carbocycles. The molecule has 3 aromatic rings. The maximum absolute atomic E-state index is 11.6. The van der Waals surface area contributed by atoms with Gasteiger partial charge < -0.3 is 14.2 Å². The lowest BCUT2D eigenvalue weighted by atomic mass is 9.98. The van der Waals surface area contributed by atoms with Gasteiger partial charge in [0.15, 0.2) is 0 Å². The van der Waals surface area contributed by atoms with E-state index in [1.165, 1.54) is 0 Å². The van der Waals surface area contributed by atoms with Gasteiger partial charge in [0, 0.05) is 23.3 Å². The third kappa shape index (κ3) is 2.78. The van der Waals surface area contributed by atoms with E-state index in [4.69, 9.17) is 4.74 Å². The highest BCUT2D eigenvalue weighted by Gasteiger charge is 2.23. The van der Waals surface area contributed by atoms with E-state index in [0.29, 0.717) is 11.1 Å². The molecule has 0 aliphatic heterocycles. The van der Waals surface area contributed by atoms with Crippen LogP contribution in [0.2, 0.25) is 0 Å². The van der Waals surface area contributed by atoms with Gasteiger partial charge in [-0.1, -0.05) is 28.1 Å². The molecular formula is C18H16BrNO3. The predicted octanol–water partition coefficient (Wildman–Crippen LogP) is 4.44. The third-order valence-corrected chi connectivity index (χ3v) is 4.54. The van der Waals surface area contributed by atoms with Crippen molar-refractivity contribution in [2.45, 2.75) is 13.0 Å². The Balaban J connectivity index is 2.27. The summed E-state index contributed by atoms with van der Waals surface area (Å²) in [5.41, 5.74) is 3.63. The minimum atomic E-state index is -0.932. The van der Waals surface area contributed by atoms with Crippen molar-refractivity contribution in [3.63, 3.8) is 0 Å². The molecule has 1 N–H and O–H groups in total. The topological polar surface area (TPSA) is 50.9 Å². The van der Waals surface area contributed by atoms with Gasteiger partial charge in [-0.15, -0.1) is 0 Å². The standard InChI is InChI=1S/C18H16BrNO3/c1-11-15(18(21)22)10-14-4-3-9-20(14)16(11)17(23-2)12-5-7-13(19)8-6-12/h3-10,17H,1-2H3,(H,21,22). The average Bonchev–Trinajstić information content (AvgIpc) is 2.99. The van der Waals surface area contributed by atoms with E-state index in [9.17, 15) is 9.90 Å². The summed E-state index contributed by atoms with van der Waals surface area (Å²) >= 11 is 3.43. The van der Waals surface area contributed by atoms with Crippen LogP contribution in [0.15, 0.2) is 53.1 Å². The van der Waals surface area contributed by atoms with E-state index in [-0.39, 0.29) is 6.10 Å². The molecule has 0 radical (unpaired) electrons. The summed E-state index contributed by atoms with van der Waals surface area (Å²) in [5.74, 6) is -0.932. The maximum Gasteiger partial charge on any atom is 0.336 e. The number of carbonyl (C=O) groups is 1. The molecule has 118 valence electrons. The molecule has 0 bridgehead atoms. The summed E-state index contributed by atoms with van der Waals surface area (Å²) in [6, 6.07) is 13.3. The normalized spacial score (nSPS) is 12.5. The minimum Gasteiger partial charge on any atom is -0.478 e. The van der Waals surface area contributed by atoms with Crippen LogP contribution in [-0.2, 0) is 4.74 Å². The molecule has 5 heteroatoms. The Bertz CT molecular complexity index is 868. The van der Waals surface area contributed by atoms with Gasteiger partial charge in [-0.3, -0.25) is 0 Å². The van der Waals surface area contributed by atoms with E-state index in [1.54, 1.807) is 13.2 Å². The number of nitrogens with zero attached hydrogens (tertiary/aromatic N) is 1. The maximum atomic E-state index is 11.6. The highest BCUT2D eigenvalue weighted by molar-refractivity contribution is 9.10. The van der Waals surface area contributed by atoms with Crippen molar-refractivity contribution < 1.29 is 14.6 Å². The number of halogens is 1. The van der Waals surface area contributed by atoms with Crippen LogP contribution in [0.4, 0.5) is 0 Å². The van der Waals surface area contributed by atoms with Crippen molar-refractivity contribution in [1.82, 2.24) is 4.40 Å². The van der Waals surface area contributed by atoms with Crippen molar-refractivity contribution in [2.24, 2.45) is 0 Å². The second kappa shape index (κ2) is 6.18. The number of hydrogen-bond acceptors (Lipinski definition) is 2. The molecule has 2 aromatic heterocycles. The van der Waals surface area contributed by atoms with Crippen molar-refractivity contribution in [3.05, 3.63) is 75.5 Å². The van der Waals surface area contributed by atoms with Crippen molar-refractivity contribution in [3.8, 4) is 0 Å². The van der Waals surface area contributed by atoms with Gasteiger partial charge in [0.1, 0.15) is 6.10 Å². The zero-order valence-electron chi connectivity index (χ0n) is 12.8. The quantitative estimate of drug-likeness (QED) is 0.735. The van der Waals surface area contributed by atoms with Crippen LogP contribution in [-0.4, -0.2) is 22.6 Å². The predicted molar refractivity (Wildman–Crippen MR) is 92.1 cm³/mol. The van der Waals surface area contributed by atoms with Gasteiger partial charge in [-0.05, 0) is 48.4 Å². The van der Waals surface area contributed by atoms with Crippen LogP contribution >= 0.6 is 15.9 Å². The number of fused-ring (bicyclic) bond motifs is 1. The Labute approximate surface area is 142 Å². The lowest BCUT2D eigenvalue weighted by Gasteiger charge is -2.22. The molecule has 3 rings (SSSR count). The number of aromatic carboxylic acids is 1. The first-order chi connectivity index (χ1) is 11.0. The van der Waals surface area contributed by atoms with E-state index in [1.807, 2.05) is 53.9 Å². The van der Waals surface area contributed by atoms with Crippen LogP contribution in [0.1, 0.15) is 33.3 Å². The Morgan fingerprint density at radius 1 is 1.26 bits per heavy atom. The fourth-order valence-corrected chi connectivity index (χ4v) is 3.16. The number of benzene rings is 1. The Morgan fingerprint density at radius 3 is 2.57 bits per heavy atom. The Hall–Kier alpha value is -2.11. The first kappa shape index (κ1) is 15.8. The lowest BCUT2D eigenvalue weighted by molar-refractivity contribution is 0.0695. The summed E-state index contributed by atoms with van der Waals surface area (Å²) in [6.07, 6.45) is 1.58. The summed E-state index contributed by atoms with van der Waals surface area (Å²) in [6.45, 7) is 1.82. The molecule has 1 unspecified atom stereocenters. The number of carboxylic acid groups (broad SMARTS) is 1. The molecule has 0 saturated heterocycles. The Morgan fingerprint density at radius 2 is 1.96 bits per heavy atom. The van der Waals surface area contributed by atoms with E-state index >= 15 is 0 Å². The summed E-state index contributed by atoms with van der Waals surface area (Å²) < 4.78 is 8.69. The van der Waals surface area contributed by atoms with Gasteiger partial charge in [0.05, 0.1) is 11.3 Å². The average molecular weight is 374 g/mol. The lowest BCUT2D eigenvalue weighted by Crippen LogP contribution is -2.14. The fraction of sp³-hybridized carbons (Fsp3) is 0.167. The highest BCUT2D eigenvalue weighted by Crippen LogP contribution is 2.31. The van der Waals surface area contributed by atoms with Gasteiger partial charge in [0.2, 0.25) is 0 Å². The van der Waals surface area contributed by atoms with Gasteiger partial charge in [0.25, 0.3) is 0 Å². The molecule has 0 aliphatic rings. The van der Waals surface area contributed by atoms with Gasteiger partial charge >= 0.3 is 5.97 Å². The second-order valence-electron chi connectivity index (χ2n) is 5.34. The highest BCUT2D eigenvalue weighted by atomic mass is 79.9. The van der Waals surface area contributed by atoms with E-state index in [2.05, 4.69) is 15.9 Å². The molecule has 2 heterocycles. The van der Waals surface area contributed by atoms with E-state index in [0.717, 1.165) is 21.2 Å². The van der Waals surface area contributed by atoms with Crippen LogP contribution in [0.5, 0.6) is 0 Å². The third-order valence-electron chi connectivity index (χ3n) is 4.01. The van der Waals surface area contributed by atoms with Crippen molar-refractivity contribution in [2.75, 3.05) is 7.11 Å². The van der Waals surface area contributed by atoms with Crippen molar-refractivity contribution in [1.29, 1.82) is 0 Å². The van der Waals surface area contributed by atoms with Crippen LogP contribution in [0, 0.1) is 6.92 Å². The molecule has 0 amide bonds. The summed E-state index contributed by atoms with van der Waals surface area (Å²) in [5, 5.41) is 9.49. The number of methoxy groups -OCH3 is 1. The van der Waals surface area contributed by atoms with Crippen LogP contribution < -0.4 is 0 Å². The fourth-order valence-electron chi connectivity index (χ4n) is 2.89. The largest absolute Gasteiger partial charge is 0.478 e. The number of rotatable bonds is 4. The first-order valence-electron chi connectivity index (χ1n) is 7.15. The van der Waals surface area contributed by atoms with Crippen LogP contribution in [0.25, 0.3) is 5.52 Å². The minimum absolute atomic E-state index is 0.297. The molecule has 0 saturated carbocycles. The summed E-state index contributed by atoms with van der Waals surface area (Å²) in [7, 11) is 1.63. The summed E-state index contributed by atoms with van der Waals surface area (Å²) in [4.78, 5) is 11.6. The molecular weight excluding hydrogens is 358 g/mol. The number of hydrogen-bond donors (Lipinski definition) is 1. The van der Waals surface area contributed by atoms with E-state index < -0.39 is 5.97 Å². The smallest absolute Gasteiger partial charge is 0.336 e. The first-order valence-corrected chi connectivity index (χ1v) is 7.94. The molecule has 4 nitrogen and oxygen atoms in total. The molecule has 0 fully saturated rings.